The normalized spacial score (nSPS) is 12.3. The third-order valence-electron chi connectivity index (χ3n) is 1.84. The summed E-state index contributed by atoms with van der Waals surface area (Å²) in [7, 11) is -0.559. The Hall–Kier alpha value is -1.08. The highest BCUT2D eigenvalue weighted by Gasteiger charge is 2.23. The topological polar surface area (TPSA) is 81.2 Å². The minimum absolute atomic E-state index is 0.0422. The zero-order valence-corrected chi connectivity index (χ0v) is 9.24. The Kier molecular flexibility index (Phi) is 2.81. The molecule has 0 atom stereocenters. The van der Waals surface area contributed by atoms with Gasteiger partial charge >= 0.3 is 0 Å². The molecule has 1 rings (SSSR count). The monoisotopic (exact) mass is 218 g/mol. The largest absolute Gasteiger partial charge is 0.381 e. The van der Waals surface area contributed by atoms with Crippen LogP contribution in [-0.2, 0) is 16.6 Å². The van der Waals surface area contributed by atoms with Gasteiger partial charge in [0.2, 0.25) is 10.0 Å². The van der Waals surface area contributed by atoms with Gasteiger partial charge in [-0.2, -0.15) is 5.10 Å². The first-order valence-corrected chi connectivity index (χ1v) is 5.59. The lowest BCUT2D eigenvalue weighted by Gasteiger charge is -2.08. The smallest absolute Gasteiger partial charge is 0.247 e. The van der Waals surface area contributed by atoms with E-state index >= 15 is 0 Å². The second kappa shape index (κ2) is 3.58. The van der Waals surface area contributed by atoms with Gasteiger partial charge in [0.1, 0.15) is 4.90 Å². The number of nitrogen functional groups attached to an aromatic ring is 1. The van der Waals surface area contributed by atoms with Gasteiger partial charge in [-0.05, 0) is 6.92 Å². The van der Waals surface area contributed by atoms with Gasteiger partial charge in [0.05, 0.1) is 0 Å². The molecule has 6 nitrogen and oxygen atoms in total. The van der Waals surface area contributed by atoms with Crippen LogP contribution in [-0.4, -0.2) is 36.6 Å². The first-order chi connectivity index (χ1) is 6.39. The Morgan fingerprint density at radius 2 is 2.14 bits per heavy atom. The quantitative estimate of drug-likeness (QED) is 0.757. The highest BCUT2D eigenvalue weighted by molar-refractivity contribution is 7.89. The fourth-order valence-electron chi connectivity index (χ4n) is 0.975. The van der Waals surface area contributed by atoms with Gasteiger partial charge in [-0.25, -0.2) is 12.7 Å². The Labute approximate surface area is 83.4 Å². The molecule has 0 aliphatic carbocycles. The molecule has 1 aromatic heterocycles. The zero-order chi connectivity index (χ0) is 10.9. The number of nitrogens with two attached hydrogens (primary N) is 1. The molecule has 0 fully saturated rings. The van der Waals surface area contributed by atoms with E-state index in [0.717, 1.165) is 4.31 Å². The van der Waals surface area contributed by atoms with E-state index in [9.17, 15) is 8.42 Å². The van der Waals surface area contributed by atoms with E-state index < -0.39 is 10.0 Å². The van der Waals surface area contributed by atoms with Crippen LogP contribution < -0.4 is 5.73 Å². The molecule has 0 aromatic carbocycles. The van der Waals surface area contributed by atoms with Crippen LogP contribution in [0.3, 0.4) is 0 Å². The van der Waals surface area contributed by atoms with Gasteiger partial charge in [0, 0.05) is 26.8 Å². The Balaban J connectivity index is 3.26. The molecule has 0 unspecified atom stereocenters. The van der Waals surface area contributed by atoms with Gasteiger partial charge in [-0.1, -0.05) is 0 Å². The number of sulfonamides is 1. The van der Waals surface area contributed by atoms with Gasteiger partial charge < -0.3 is 5.73 Å². The summed E-state index contributed by atoms with van der Waals surface area (Å²) in [6.45, 7) is 2.45. The van der Waals surface area contributed by atoms with Gasteiger partial charge in [0.15, 0.2) is 5.82 Å². The minimum atomic E-state index is -3.47. The average Bonchev–Trinajstić information content (AvgIpc) is 2.47. The zero-order valence-electron chi connectivity index (χ0n) is 8.43. The minimum Gasteiger partial charge on any atom is -0.381 e. The third kappa shape index (κ3) is 1.73. The van der Waals surface area contributed by atoms with Crippen LogP contribution in [0.1, 0.15) is 6.92 Å². The van der Waals surface area contributed by atoms with Gasteiger partial charge in [0.25, 0.3) is 0 Å². The van der Waals surface area contributed by atoms with Crippen LogP contribution in [0, 0.1) is 0 Å². The number of nitrogens with zero attached hydrogens (tertiary/aromatic N) is 3. The SMILES string of the molecule is CCn1cc(S(=O)(=O)N(C)C)c(N)n1. The Bertz CT molecular complexity index is 421. The highest BCUT2D eigenvalue weighted by Crippen LogP contribution is 2.18. The molecule has 0 aliphatic heterocycles. The maximum Gasteiger partial charge on any atom is 0.247 e. The van der Waals surface area contributed by atoms with Crippen molar-refractivity contribution < 1.29 is 8.42 Å². The van der Waals surface area contributed by atoms with Crippen molar-refractivity contribution in [2.45, 2.75) is 18.4 Å². The standard InChI is InChI=1S/C7H14N4O2S/c1-4-11-5-6(7(8)9-11)14(12,13)10(2)3/h5H,4H2,1-3H3,(H2,8,9). The molecule has 1 aromatic rings. The molecular weight excluding hydrogens is 204 g/mol. The van der Waals surface area contributed by atoms with Crippen molar-refractivity contribution in [3.05, 3.63) is 6.20 Å². The third-order valence-corrected chi connectivity index (χ3v) is 3.67. The molecule has 0 aliphatic rings. The van der Waals surface area contributed by atoms with Crippen molar-refractivity contribution in [1.82, 2.24) is 14.1 Å². The fraction of sp³-hybridized carbons (Fsp3) is 0.571. The lowest BCUT2D eigenvalue weighted by molar-refractivity contribution is 0.521. The molecule has 0 bridgehead atoms. The fourth-order valence-corrected chi connectivity index (χ4v) is 1.93. The summed E-state index contributed by atoms with van der Waals surface area (Å²) < 4.78 is 26.0. The summed E-state index contributed by atoms with van der Waals surface area (Å²) in [5.74, 6) is 0.0422. The number of anilines is 1. The second-order valence-corrected chi connectivity index (χ2v) is 5.14. The lowest BCUT2D eigenvalue weighted by Crippen LogP contribution is -2.22. The van der Waals surface area contributed by atoms with Crippen molar-refractivity contribution in [1.29, 1.82) is 0 Å². The van der Waals surface area contributed by atoms with Crippen molar-refractivity contribution in [2.24, 2.45) is 0 Å². The Morgan fingerprint density at radius 1 is 1.57 bits per heavy atom. The van der Waals surface area contributed by atoms with Gasteiger partial charge in [-0.3, -0.25) is 4.68 Å². The molecule has 1 heterocycles. The van der Waals surface area contributed by atoms with E-state index in [2.05, 4.69) is 5.10 Å². The maximum atomic E-state index is 11.7. The summed E-state index contributed by atoms with van der Waals surface area (Å²) in [5.41, 5.74) is 5.50. The van der Waals surface area contributed by atoms with Crippen LogP contribution in [0.25, 0.3) is 0 Å². The van der Waals surface area contributed by atoms with Crippen LogP contribution in [0.15, 0.2) is 11.1 Å². The first kappa shape index (κ1) is 11.0. The van der Waals surface area contributed by atoms with E-state index in [1.165, 1.54) is 25.0 Å². The molecule has 80 valence electrons. The van der Waals surface area contributed by atoms with Crippen molar-refractivity contribution in [2.75, 3.05) is 19.8 Å². The van der Waals surface area contributed by atoms with Crippen molar-refractivity contribution >= 4 is 15.8 Å². The van der Waals surface area contributed by atoms with E-state index in [1.807, 2.05) is 6.92 Å². The predicted octanol–water partition coefficient (Wildman–Crippen LogP) is -0.264. The first-order valence-electron chi connectivity index (χ1n) is 4.15. The highest BCUT2D eigenvalue weighted by atomic mass is 32.2. The van der Waals surface area contributed by atoms with Crippen LogP contribution in [0.4, 0.5) is 5.82 Å². The predicted molar refractivity (Wildman–Crippen MR) is 53.2 cm³/mol. The summed E-state index contributed by atoms with van der Waals surface area (Å²) in [6.07, 6.45) is 1.44. The van der Waals surface area contributed by atoms with Crippen molar-refractivity contribution in [3.63, 3.8) is 0 Å². The van der Waals surface area contributed by atoms with E-state index in [0.29, 0.717) is 6.54 Å². The number of hydrogen-bond donors (Lipinski definition) is 1. The number of hydrogen-bond acceptors (Lipinski definition) is 4. The molecule has 0 amide bonds. The summed E-state index contributed by atoms with van der Waals surface area (Å²) in [6, 6.07) is 0. The second-order valence-electron chi connectivity index (χ2n) is 3.02. The lowest BCUT2D eigenvalue weighted by atomic mass is 10.6. The summed E-state index contributed by atoms with van der Waals surface area (Å²) in [5, 5.41) is 3.87. The van der Waals surface area contributed by atoms with Crippen LogP contribution in [0.2, 0.25) is 0 Å². The van der Waals surface area contributed by atoms with E-state index in [1.54, 1.807) is 0 Å². The van der Waals surface area contributed by atoms with Crippen molar-refractivity contribution in [3.8, 4) is 0 Å². The number of aryl methyl sites for hydroxylation is 1. The van der Waals surface area contributed by atoms with Gasteiger partial charge in [-0.15, -0.1) is 0 Å². The number of rotatable bonds is 3. The molecule has 0 spiro atoms. The Morgan fingerprint density at radius 3 is 2.50 bits per heavy atom. The molecule has 7 heteroatoms. The average molecular weight is 218 g/mol. The van der Waals surface area contributed by atoms with E-state index in [-0.39, 0.29) is 10.7 Å². The van der Waals surface area contributed by atoms with Crippen LogP contribution in [0.5, 0.6) is 0 Å². The molecular formula is C7H14N4O2S. The number of aromatic nitrogens is 2. The molecule has 0 saturated heterocycles. The summed E-state index contributed by atoms with van der Waals surface area (Å²) in [4.78, 5) is 0.0596. The summed E-state index contributed by atoms with van der Waals surface area (Å²) >= 11 is 0. The molecule has 0 radical (unpaired) electrons. The maximum absolute atomic E-state index is 11.7. The van der Waals surface area contributed by atoms with E-state index in [4.69, 9.17) is 5.73 Å². The van der Waals surface area contributed by atoms with Crippen LogP contribution >= 0.6 is 0 Å². The molecule has 2 N–H and O–H groups in total. The molecule has 0 saturated carbocycles. The molecule has 14 heavy (non-hydrogen) atoms.